The number of hydrogen-bond donors (Lipinski definition) is 1. The minimum absolute atomic E-state index is 0.459. The summed E-state index contributed by atoms with van der Waals surface area (Å²) in [7, 11) is 0. The van der Waals surface area contributed by atoms with E-state index >= 15 is 0 Å². The fourth-order valence-electron chi connectivity index (χ4n) is 2.26. The van der Waals surface area contributed by atoms with Crippen LogP contribution in [0.3, 0.4) is 0 Å². The minimum atomic E-state index is -0.459. The molecule has 16 heavy (non-hydrogen) atoms. The maximum atomic E-state index is 5.97. The van der Waals surface area contributed by atoms with Crippen LogP contribution in [0.2, 0.25) is 5.02 Å². The highest BCUT2D eigenvalue weighted by Gasteiger charge is 2.38. The second-order valence-electron chi connectivity index (χ2n) is 4.33. The molecule has 1 aromatic rings. The van der Waals surface area contributed by atoms with Crippen molar-refractivity contribution in [2.45, 2.75) is 25.2 Å². The molecule has 1 atom stereocenters. The van der Waals surface area contributed by atoms with Crippen molar-refractivity contribution in [1.82, 2.24) is 5.32 Å². The molecule has 3 nitrogen and oxygen atoms in total. The van der Waals surface area contributed by atoms with Gasteiger partial charge in [-0.3, -0.25) is 0 Å². The zero-order valence-electron chi connectivity index (χ0n) is 8.96. The molecule has 2 aliphatic heterocycles. The molecule has 0 radical (unpaired) electrons. The standard InChI is InChI=1S/C12H14ClNO2/c13-10-2-3-11-9(6-10)7-15-12(16-11)4-1-5-14-8-12/h2-3,6,14H,1,4-5,7-8H2. The third-order valence-corrected chi connectivity index (χ3v) is 3.35. The van der Waals surface area contributed by atoms with Crippen LogP contribution in [-0.4, -0.2) is 18.9 Å². The molecule has 1 spiro atoms. The summed E-state index contributed by atoms with van der Waals surface area (Å²) in [6, 6.07) is 5.69. The number of hydrogen-bond acceptors (Lipinski definition) is 3. The Morgan fingerprint density at radius 3 is 3.12 bits per heavy atom. The molecule has 0 bridgehead atoms. The molecule has 0 aromatic heterocycles. The van der Waals surface area contributed by atoms with Gasteiger partial charge in [0.05, 0.1) is 13.2 Å². The average Bonchev–Trinajstić information content (AvgIpc) is 2.31. The first-order valence-corrected chi connectivity index (χ1v) is 5.97. The fraction of sp³-hybridized carbons (Fsp3) is 0.500. The lowest BCUT2D eigenvalue weighted by Crippen LogP contribution is -2.53. The van der Waals surface area contributed by atoms with Crippen molar-refractivity contribution in [3.63, 3.8) is 0 Å². The van der Waals surface area contributed by atoms with E-state index in [1.165, 1.54) is 0 Å². The van der Waals surface area contributed by atoms with Crippen LogP contribution >= 0.6 is 11.6 Å². The van der Waals surface area contributed by atoms with E-state index in [0.717, 1.165) is 42.3 Å². The van der Waals surface area contributed by atoms with Gasteiger partial charge in [0.25, 0.3) is 0 Å². The van der Waals surface area contributed by atoms with Crippen molar-refractivity contribution >= 4 is 11.6 Å². The second-order valence-corrected chi connectivity index (χ2v) is 4.77. The highest BCUT2D eigenvalue weighted by molar-refractivity contribution is 6.30. The van der Waals surface area contributed by atoms with Crippen molar-refractivity contribution < 1.29 is 9.47 Å². The lowest BCUT2D eigenvalue weighted by molar-refractivity contribution is -0.213. The van der Waals surface area contributed by atoms with Gasteiger partial charge in [-0.05, 0) is 31.2 Å². The fourth-order valence-corrected chi connectivity index (χ4v) is 2.45. The molecule has 1 saturated heterocycles. The summed E-state index contributed by atoms with van der Waals surface area (Å²) < 4.78 is 11.8. The van der Waals surface area contributed by atoms with Crippen molar-refractivity contribution in [3.8, 4) is 5.75 Å². The summed E-state index contributed by atoms with van der Waals surface area (Å²) in [5.41, 5.74) is 1.03. The third kappa shape index (κ3) is 1.79. The van der Waals surface area contributed by atoms with Crippen LogP contribution in [0.25, 0.3) is 0 Å². The number of ether oxygens (including phenoxy) is 2. The van der Waals surface area contributed by atoms with Crippen LogP contribution in [0, 0.1) is 0 Å². The summed E-state index contributed by atoms with van der Waals surface area (Å²) in [6.45, 7) is 2.38. The Morgan fingerprint density at radius 1 is 1.38 bits per heavy atom. The molecule has 0 amide bonds. The van der Waals surface area contributed by atoms with E-state index < -0.39 is 5.79 Å². The van der Waals surface area contributed by atoms with Crippen molar-refractivity contribution in [3.05, 3.63) is 28.8 Å². The van der Waals surface area contributed by atoms with Gasteiger partial charge in [-0.15, -0.1) is 0 Å². The average molecular weight is 240 g/mol. The predicted molar refractivity (Wildman–Crippen MR) is 61.7 cm³/mol. The number of rotatable bonds is 0. The van der Waals surface area contributed by atoms with E-state index in [0.29, 0.717) is 6.61 Å². The molecule has 1 fully saturated rings. The van der Waals surface area contributed by atoms with Crippen LogP contribution < -0.4 is 10.1 Å². The summed E-state index contributed by atoms with van der Waals surface area (Å²) in [5.74, 6) is 0.443. The lowest BCUT2D eigenvalue weighted by atomic mass is 10.0. The molecular formula is C12H14ClNO2. The third-order valence-electron chi connectivity index (χ3n) is 3.11. The molecule has 86 valence electrons. The van der Waals surface area contributed by atoms with Gasteiger partial charge in [-0.25, -0.2) is 0 Å². The van der Waals surface area contributed by atoms with E-state index in [4.69, 9.17) is 21.1 Å². The number of nitrogens with one attached hydrogen (secondary N) is 1. The van der Waals surface area contributed by atoms with Crippen molar-refractivity contribution in [2.24, 2.45) is 0 Å². The van der Waals surface area contributed by atoms with Gasteiger partial charge >= 0.3 is 0 Å². The quantitative estimate of drug-likeness (QED) is 0.754. The van der Waals surface area contributed by atoms with Crippen LogP contribution in [-0.2, 0) is 11.3 Å². The van der Waals surface area contributed by atoms with Gasteiger partial charge in [0.15, 0.2) is 0 Å². The van der Waals surface area contributed by atoms with Gasteiger partial charge in [-0.2, -0.15) is 0 Å². The van der Waals surface area contributed by atoms with Gasteiger partial charge in [-0.1, -0.05) is 11.6 Å². The summed E-state index contributed by atoms with van der Waals surface area (Å²) >= 11 is 5.93. The van der Waals surface area contributed by atoms with Gasteiger partial charge < -0.3 is 14.8 Å². The molecule has 4 heteroatoms. The normalized spacial score (nSPS) is 28.6. The van der Waals surface area contributed by atoms with E-state index in [2.05, 4.69) is 5.32 Å². The Balaban J connectivity index is 1.88. The van der Waals surface area contributed by atoms with Crippen LogP contribution in [0.4, 0.5) is 0 Å². The number of halogens is 1. The lowest BCUT2D eigenvalue weighted by Gasteiger charge is -2.41. The zero-order chi connectivity index (χ0) is 11.0. The number of fused-ring (bicyclic) bond motifs is 1. The maximum Gasteiger partial charge on any atom is 0.223 e. The van der Waals surface area contributed by atoms with Crippen LogP contribution in [0.15, 0.2) is 18.2 Å². The van der Waals surface area contributed by atoms with E-state index in [9.17, 15) is 0 Å². The highest BCUT2D eigenvalue weighted by atomic mass is 35.5. The van der Waals surface area contributed by atoms with Gasteiger partial charge in [0.1, 0.15) is 5.75 Å². The Morgan fingerprint density at radius 2 is 2.31 bits per heavy atom. The number of benzene rings is 1. The predicted octanol–water partition coefficient (Wildman–Crippen LogP) is 2.33. The summed E-state index contributed by atoms with van der Waals surface area (Å²) in [6.07, 6.45) is 2.03. The van der Waals surface area contributed by atoms with Crippen LogP contribution in [0.1, 0.15) is 18.4 Å². The molecule has 1 aromatic carbocycles. The SMILES string of the molecule is Clc1ccc2c(c1)COC1(CCCNC1)O2. The molecule has 2 aliphatic rings. The molecule has 1 N–H and O–H groups in total. The topological polar surface area (TPSA) is 30.5 Å². The molecule has 0 aliphatic carbocycles. The first-order chi connectivity index (χ1) is 7.77. The van der Waals surface area contributed by atoms with Gasteiger partial charge in [0.2, 0.25) is 5.79 Å². The maximum absolute atomic E-state index is 5.97. The van der Waals surface area contributed by atoms with Gasteiger partial charge in [0, 0.05) is 17.0 Å². The summed E-state index contributed by atoms with van der Waals surface area (Å²) in [5, 5.41) is 4.04. The summed E-state index contributed by atoms with van der Waals surface area (Å²) in [4.78, 5) is 0. The van der Waals surface area contributed by atoms with E-state index in [-0.39, 0.29) is 0 Å². The van der Waals surface area contributed by atoms with Crippen molar-refractivity contribution in [1.29, 1.82) is 0 Å². The highest BCUT2D eigenvalue weighted by Crippen LogP contribution is 2.35. The smallest absolute Gasteiger partial charge is 0.223 e. The second kappa shape index (κ2) is 3.91. The Labute approximate surface area is 99.7 Å². The van der Waals surface area contributed by atoms with Crippen molar-refractivity contribution in [2.75, 3.05) is 13.1 Å². The van der Waals surface area contributed by atoms with E-state index in [1.807, 2.05) is 18.2 Å². The Hall–Kier alpha value is -0.770. The molecule has 0 saturated carbocycles. The zero-order valence-corrected chi connectivity index (χ0v) is 9.72. The monoisotopic (exact) mass is 239 g/mol. The molecular weight excluding hydrogens is 226 g/mol. The number of piperidine rings is 1. The molecule has 1 unspecified atom stereocenters. The minimum Gasteiger partial charge on any atom is -0.461 e. The van der Waals surface area contributed by atoms with E-state index in [1.54, 1.807) is 0 Å². The first kappa shape index (κ1) is 10.4. The van der Waals surface area contributed by atoms with Crippen LogP contribution in [0.5, 0.6) is 5.75 Å². The first-order valence-electron chi connectivity index (χ1n) is 5.60. The largest absolute Gasteiger partial charge is 0.461 e. The molecule has 3 rings (SSSR count). The Kier molecular flexibility index (Phi) is 2.54. The molecule has 2 heterocycles. The Bertz CT molecular complexity index is 402.